The van der Waals surface area contributed by atoms with Gasteiger partial charge in [-0.1, -0.05) is 24.6 Å². The van der Waals surface area contributed by atoms with Gasteiger partial charge in [-0.25, -0.2) is 8.42 Å². The molecule has 1 aliphatic rings. The third-order valence-electron chi connectivity index (χ3n) is 3.54. The van der Waals surface area contributed by atoms with Crippen LogP contribution in [0.3, 0.4) is 0 Å². The minimum atomic E-state index is -3.13. The molecule has 3 heteroatoms. The van der Waals surface area contributed by atoms with Gasteiger partial charge in [-0.05, 0) is 38.3 Å². The van der Waals surface area contributed by atoms with Crippen LogP contribution in [0.1, 0.15) is 25.8 Å². The molecular formula is C12H16O2S. The summed E-state index contributed by atoms with van der Waals surface area (Å²) in [6.45, 7) is 5.79. The maximum Gasteiger partial charge on any atom is 0.184 e. The molecule has 0 bridgehead atoms. The lowest BCUT2D eigenvalue weighted by Crippen LogP contribution is -2.21. The van der Waals surface area contributed by atoms with Crippen LogP contribution in [0.2, 0.25) is 0 Å². The fourth-order valence-corrected chi connectivity index (χ4v) is 3.94. The molecule has 1 aromatic carbocycles. The SMILES string of the molecule is Cc1ccc(S(=O)(=O)[C@@]2(C)CC2C)cc1. The van der Waals surface area contributed by atoms with Gasteiger partial charge < -0.3 is 0 Å². The predicted molar refractivity (Wildman–Crippen MR) is 60.6 cm³/mol. The van der Waals surface area contributed by atoms with Crippen molar-refractivity contribution in [2.24, 2.45) is 5.92 Å². The lowest BCUT2D eigenvalue weighted by atomic mass is 10.2. The number of hydrogen-bond acceptors (Lipinski definition) is 2. The van der Waals surface area contributed by atoms with Gasteiger partial charge in [0.05, 0.1) is 9.64 Å². The minimum Gasteiger partial charge on any atom is -0.223 e. The average Bonchev–Trinajstić information content (AvgIpc) is 2.77. The number of rotatable bonds is 2. The van der Waals surface area contributed by atoms with Crippen LogP contribution in [0.4, 0.5) is 0 Å². The second kappa shape index (κ2) is 3.08. The molecule has 0 aliphatic heterocycles. The molecule has 0 radical (unpaired) electrons. The first kappa shape index (κ1) is 10.7. The minimum absolute atomic E-state index is 0.281. The van der Waals surface area contributed by atoms with Gasteiger partial charge in [-0.3, -0.25) is 0 Å². The fourth-order valence-electron chi connectivity index (χ4n) is 1.91. The molecule has 2 rings (SSSR count). The van der Waals surface area contributed by atoms with Crippen LogP contribution < -0.4 is 0 Å². The molecule has 1 fully saturated rings. The zero-order chi connectivity index (χ0) is 11.3. The molecule has 1 aliphatic carbocycles. The van der Waals surface area contributed by atoms with Crippen LogP contribution in [-0.4, -0.2) is 13.2 Å². The summed E-state index contributed by atoms with van der Waals surface area (Å²) < 4.78 is 24.0. The standard InChI is InChI=1S/C12H16O2S/c1-9-4-6-11(7-5-9)15(13,14)12(3)8-10(12)2/h4-7,10H,8H2,1-3H3/t10?,12-/m0/s1. The Morgan fingerprint density at radius 1 is 1.27 bits per heavy atom. The lowest BCUT2D eigenvalue weighted by Gasteiger charge is -2.12. The summed E-state index contributed by atoms with van der Waals surface area (Å²) in [5, 5.41) is 0. The number of sulfone groups is 1. The third kappa shape index (κ3) is 1.49. The van der Waals surface area contributed by atoms with Gasteiger partial charge in [0.2, 0.25) is 0 Å². The largest absolute Gasteiger partial charge is 0.223 e. The molecule has 0 spiro atoms. The second-order valence-electron chi connectivity index (χ2n) is 4.73. The van der Waals surface area contributed by atoms with Crippen LogP contribution >= 0.6 is 0 Å². The van der Waals surface area contributed by atoms with Crippen molar-refractivity contribution >= 4 is 9.84 Å². The molecule has 1 saturated carbocycles. The first-order valence-corrected chi connectivity index (χ1v) is 6.67. The van der Waals surface area contributed by atoms with E-state index in [2.05, 4.69) is 0 Å². The summed E-state index contributed by atoms with van der Waals surface area (Å²) in [6.07, 6.45) is 0.781. The first-order valence-electron chi connectivity index (χ1n) is 5.19. The highest BCUT2D eigenvalue weighted by Crippen LogP contribution is 2.51. The maximum absolute atomic E-state index is 12.2. The molecule has 82 valence electrons. The summed E-state index contributed by atoms with van der Waals surface area (Å²) >= 11 is 0. The van der Waals surface area contributed by atoms with Gasteiger partial charge in [0.1, 0.15) is 0 Å². The van der Waals surface area contributed by atoms with Gasteiger partial charge in [0.15, 0.2) is 9.84 Å². The van der Waals surface area contributed by atoms with Crippen LogP contribution in [-0.2, 0) is 9.84 Å². The van der Waals surface area contributed by atoms with E-state index in [1.54, 1.807) is 12.1 Å². The summed E-state index contributed by atoms with van der Waals surface area (Å²) in [5.74, 6) is 0.281. The molecule has 15 heavy (non-hydrogen) atoms. The zero-order valence-electron chi connectivity index (χ0n) is 9.32. The lowest BCUT2D eigenvalue weighted by molar-refractivity contribution is 0.577. The summed E-state index contributed by atoms with van der Waals surface area (Å²) in [4.78, 5) is 0.458. The van der Waals surface area contributed by atoms with Gasteiger partial charge in [0, 0.05) is 0 Å². The van der Waals surface area contributed by atoms with Gasteiger partial charge in [-0.15, -0.1) is 0 Å². The Hall–Kier alpha value is -0.830. The van der Waals surface area contributed by atoms with Crippen LogP contribution in [0, 0.1) is 12.8 Å². The van der Waals surface area contributed by atoms with Crippen molar-refractivity contribution in [1.29, 1.82) is 0 Å². The summed E-state index contributed by atoms with van der Waals surface area (Å²) in [7, 11) is -3.13. The average molecular weight is 224 g/mol. The molecule has 1 aromatic rings. The van der Waals surface area contributed by atoms with E-state index in [0.29, 0.717) is 4.90 Å². The van der Waals surface area contributed by atoms with E-state index >= 15 is 0 Å². The molecule has 0 amide bonds. The Balaban J connectivity index is 2.43. The number of benzene rings is 1. The van der Waals surface area contributed by atoms with Crippen LogP contribution in [0.25, 0.3) is 0 Å². The summed E-state index contributed by atoms with van der Waals surface area (Å²) in [6, 6.07) is 7.12. The van der Waals surface area contributed by atoms with E-state index in [0.717, 1.165) is 12.0 Å². The second-order valence-corrected chi connectivity index (χ2v) is 7.15. The molecule has 0 N–H and O–H groups in total. The van der Waals surface area contributed by atoms with Crippen molar-refractivity contribution < 1.29 is 8.42 Å². The Kier molecular flexibility index (Phi) is 2.19. The van der Waals surface area contributed by atoms with Gasteiger partial charge in [-0.2, -0.15) is 0 Å². The Morgan fingerprint density at radius 2 is 1.73 bits per heavy atom. The quantitative estimate of drug-likeness (QED) is 0.773. The van der Waals surface area contributed by atoms with Crippen LogP contribution in [0.5, 0.6) is 0 Å². The van der Waals surface area contributed by atoms with Crippen molar-refractivity contribution in [3.8, 4) is 0 Å². The monoisotopic (exact) mass is 224 g/mol. The van der Waals surface area contributed by atoms with E-state index in [-0.39, 0.29) is 5.92 Å². The molecule has 0 aromatic heterocycles. The van der Waals surface area contributed by atoms with E-state index in [1.165, 1.54) is 0 Å². The zero-order valence-corrected chi connectivity index (χ0v) is 10.1. The highest BCUT2D eigenvalue weighted by Gasteiger charge is 2.57. The Labute approximate surface area is 91.2 Å². The molecule has 1 unspecified atom stereocenters. The molecular weight excluding hydrogens is 208 g/mol. The highest BCUT2D eigenvalue weighted by atomic mass is 32.2. The highest BCUT2D eigenvalue weighted by molar-refractivity contribution is 7.93. The van der Waals surface area contributed by atoms with E-state index < -0.39 is 14.6 Å². The topological polar surface area (TPSA) is 34.1 Å². The van der Waals surface area contributed by atoms with Gasteiger partial charge in [0.25, 0.3) is 0 Å². The Morgan fingerprint density at radius 3 is 2.13 bits per heavy atom. The van der Waals surface area contributed by atoms with Crippen molar-refractivity contribution in [2.75, 3.05) is 0 Å². The summed E-state index contributed by atoms with van der Waals surface area (Å²) in [5.41, 5.74) is 1.09. The number of hydrogen-bond donors (Lipinski definition) is 0. The van der Waals surface area contributed by atoms with E-state index in [9.17, 15) is 8.42 Å². The predicted octanol–water partition coefficient (Wildman–Crippen LogP) is 2.57. The van der Waals surface area contributed by atoms with E-state index in [1.807, 2.05) is 32.9 Å². The van der Waals surface area contributed by atoms with Crippen molar-refractivity contribution in [3.63, 3.8) is 0 Å². The van der Waals surface area contributed by atoms with Crippen LogP contribution in [0.15, 0.2) is 29.2 Å². The maximum atomic E-state index is 12.2. The Bertz CT molecular complexity index is 473. The van der Waals surface area contributed by atoms with Crippen molar-refractivity contribution in [1.82, 2.24) is 0 Å². The van der Waals surface area contributed by atoms with Crippen molar-refractivity contribution in [2.45, 2.75) is 36.8 Å². The van der Waals surface area contributed by atoms with Crippen molar-refractivity contribution in [3.05, 3.63) is 29.8 Å². The molecule has 2 atom stereocenters. The third-order valence-corrected chi connectivity index (χ3v) is 6.23. The number of aryl methyl sites for hydroxylation is 1. The smallest absolute Gasteiger partial charge is 0.184 e. The van der Waals surface area contributed by atoms with Gasteiger partial charge >= 0.3 is 0 Å². The molecule has 2 nitrogen and oxygen atoms in total. The molecule has 0 heterocycles. The first-order chi connectivity index (χ1) is 6.88. The normalized spacial score (nSPS) is 30.2. The van der Waals surface area contributed by atoms with E-state index in [4.69, 9.17) is 0 Å². The molecule has 0 saturated heterocycles. The fraction of sp³-hybridized carbons (Fsp3) is 0.500.